The van der Waals surface area contributed by atoms with Gasteiger partial charge in [0, 0.05) is 25.6 Å². The Morgan fingerprint density at radius 1 is 1.28 bits per heavy atom. The van der Waals surface area contributed by atoms with Gasteiger partial charge in [-0.05, 0) is 32.6 Å². The summed E-state index contributed by atoms with van der Waals surface area (Å²) in [4.78, 5) is 31.0. The Morgan fingerprint density at radius 3 is 2.68 bits per heavy atom. The van der Waals surface area contributed by atoms with Gasteiger partial charge in [0.25, 0.3) is 5.91 Å². The van der Waals surface area contributed by atoms with Crippen LogP contribution in [0.2, 0.25) is 0 Å². The van der Waals surface area contributed by atoms with Gasteiger partial charge < -0.3 is 14.7 Å². The van der Waals surface area contributed by atoms with Crippen molar-refractivity contribution in [2.24, 2.45) is 0 Å². The Balaban J connectivity index is 1.74. The molecule has 1 saturated heterocycles. The summed E-state index contributed by atoms with van der Waals surface area (Å²) >= 11 is 1.49. The molecule has 1 unspecified atom stereocenters. The molecule has 1 aliphatic heterocycles. The Bertz CT molecular complexity index is 619. The van der Waals surface area contributed by atoms with Crippen LogP contribution in [-0.4, -0.2) is 52.7 Å². The van der Waals surface area contributed by atoms with Crippen LogP contribution in [0.1, 0.15) is 71.2 Å². The number of nitrogens with zero attached hydrogens (tertiary/aromatic N) is 2. The molecule has 1 aromatic heterocycles. The lowest BCUT2D eigenvalue weighted by molar-refractivity contribution is -0.137. The van der Waals surface area contributed by atoms with Gasteiger partial charge in [0.2, 0.25) is 0 Å². The van der Waals surface area contributed by atoms with E-state index in [1.807, 2.05) is 6.92 Å². The molecule has 0 bridgehead atoms. The molecule has 2 fully saturated rings. The van der Waals surface area contributed by atoms with Crippen LogP contribution in [0.3, 0.4) is 0 Å². The first-order valence-corrected chi connectivity index (χ1v) is 9.96. The predicted molar refractivity (Wildman–Crippen MR) is 95.2 cm³/mol. The van der Waals surface area contributed by atoms with E-state index in [-0.39, 0.29) is 25.0 Å². The van der Waals surface area contributed by atoms with E-state index in [0.29, 0.717) is 17.3 Å². The number of thiazole rings is 1. The van der Waals surface area contributed by atoms with E-state index in [1.165, 1.54) is 24.2 Å². The Labute approximate surface area is 152 Å². The first-order chi connectivity index (χ1) is 12.0. The molecule has 0 radical (unpaired) electrons. The van der Waals surface area contributed by atoms with Gasteiger partial charge in [-0.3, -0.25) is 9.59 Å². The fraction of sp³-hybridized carbons (Fsp3) is 0.722. The number of amides is 1. The Kier molecular flexibility index (Phi) is 6.06. The molecule has 1 atom stereocenters. The number of rotatable bonds is 7. The van der Waals surface area contributed by atoms with Crippen molar-refractivity contribution in [2.75, 3.05) is 19.7 Å². The number of carboxylic acid groups (broad SMARTS) is 1. The summed E-state index contributed by atoms with van der Waals surface area (Å²) in [6.07, 6.45) is 6.65. The van der Waals surface area contributed by atoms with Crippen LogP contribution in [0.15, 0.2) is 0 Å². The van der Waals surface area contributed by atoms with Crippen LogP contribution in [0.4, 0.5) is 0 Å². The van der Waals surface area contributed by atoms with Crippen molar-refractivity contribution in [3.8, 4) is 0 Å². The maximum Gasteiger partial charge on any atom is 0.305 e. The minimum Gasteiger partial charge on any atom is -0.481 e. The second kappa shape index (κ2) is 8.27. The summed E-state index contributed by atoms with van der Waals surface area (Å²) in [5, 5.41) is 10.1. The smallest absolute Gasteiger partial charge is 0.305 e. The second-order valence-corrected chi connectivity index (χ2v) is 8.01. The molecular weight excluding hydrogens is 340 g/mol. The lowest BCUT2D eigenvalue weighted by atomic mass is 10.1. The zero-order valence-corrected chi connectivity index (χ0v) is 15.5. The number of aryl methyl sites for hydroxylation is 1. The van der Waals surface area contributed by atoms with E-state index in [4.69, 9.17) is 9.84 Å². The molecule has 25 heavy (non-hydrogen) atoms. The molecular formula is C18H26N2O4S. The van der Waals surface area contributed by atoms with Crippen LogP contribution in [0.25, 0.3) is 0 Å². The van der Waals surface area contributed by atoms with Crippen molar-refractivity contribution in [3.63, 3.8) is 0 Å². The van der Waals surface area contributed by atoms with Crippen molar-refractivity contribution in [1.29, 1.82) is 0 Å². The van der Waals surface area contributed by atoms with E-state index in [1.54, 1.807) is 4.90 Å². The number of hydrogen-bond acceptors (Lipinski definition) is 5. The summed E-state index contributed by atoms with van der Waals surface area (Å²) in [5.41, 5.74) is 0.768. The van der Waals surface area contributed by atoms with Crippen molar-refractivity contribution in [1.82, 2.24) is 9.88 Å². The monoisotopic (exact) mass is 366 g/mol. The van der Waals surface area contributed by atoms with Crippen molar-refractivity contribution in [3.05, 3.63) is 15.6 Å². The number of carbonyl (C=O) groups is 2. The zero-order chi connectivity index (χ0) is 17.8. The third kappa shape index (κ3) is 4.58. The van der Waals surface area contributed by atoms with Gasteiger partial charge in [0.05, 0.1) is 23.2 Å². The van der Waals surface area contributed by atoms with E-state index in [0.717, 1.165) is 43.0 Å². The number of carbonyl (C=O) groups excluding carboxylic acids is 1. The molecule has 1 saturated carbocycles. The highest BCUT2D eigenvalue weighted by Crippen LogP contribution is 2.37. The van der Waals surface area contributed by atoms with Gasteiger partial charge in [-0.1, -0.05) is 12.8 Å². The zero-order valence-electron chi connectivity index (χ0n) is 14.7. The first-order valence-electron chi connectivity index (χ1n) is 9.14. The highest BCUT2D eigenvalue weighted by molar-refractivity contribution is 7.13. The molecule has 2 aliphatic rings. The largest absolute Gasteiger partial charge is 0.481 e. The maximum absolute atomic E-state index is 13.0. The maximum atomic E-state index is 13.0. The lowest BCUT2D eigenvalue weighted by Gasteiger charge is -2.24. The van der Waals surface area contributed by atoms with Gasteiger partial charge in [0.15, 0.2) is 0 Å². The molecule has 1 aromatic rings. The summed E-state index contributed by atoms with van der Waals surface area (Å²) in [5.74, 6) is -0.510. The molecule has 7 heteroatoms. The van der Waals surface area contributed by atoms with E-state index in [2.05, 4.69) is 4.98 Å². The highest BCUT2D eigenvalue weighted by Gasteiger charge is 2.28. The van der Waals surface area contributed by atoms with E-state index >= 15 is 0 Å². The minimum atomic E-state index is -0.891. The van der Waals surface area contributed by atoms with Crippen molar-refractivity contribution >= 4 is 23.2 Å². The summed E-state index contributed by atoms with van der Waals surface area (Å²) < 4.78 is 5.64. The highest BCUT2D eigenvalue weighted by atomic mass is 32.1. The predicted octanol–water partition coefficient (Wildman–Crippen LogP) is 3.21. The molecule has 0 aromatic carbocycles. The average molecular weight is 366 g/mol. The van der Waals surface area contributed by atoms with Crippen LogP contribution in [0.5, 0.6) is 0 Å². The summed E-state index contributed by atoms with van der Waals surface area (Å²) in [7, 11) is 0. The number of carboxylic acids is 1. The third-order valence-corrected chi connectivity index (χ3v) is 6.35. The molecule has 1 aliphatic carbocycles. The van der Waals surface area contributed by atoms with Crippen LogP contribution in [0, 0.1) is 6.92 Å². The van der Waals surface area contributed by atoms with Gasteiger partial charge >= 0.3 is 5.97 Å². The van der Waals surface area contributed by atoms with Crippen LogP contribution in [-0.2, 0) is 9.53 Å². The standard InChI is InChI=1S/C18H26N2O4S/c1-12-16(25-17(19-12)13-5-2-3-6-13)18(23)20(9-8-15(21)22)11-14-7-4-10-24-14/h13-14H,2-11H2,1H3,(H,21,22). The number of aromatic nitrogens is 1. The van der Waals surface area contributed by atoms with Gasteiger partial charge in [-0.2, -0.15) is 0 Å². The Morgan fingerprint density at radius 2 is 2.04 bits per heavy atom. The molecule has 6 nitrogen and oxygen atoms in total. The van der Waals surface area contributed by atoms with Gasteiger partial charge in [-0.25, -0.2) is 4.98 Å². The molecule has 3 rings (SSSR count). The molecule has 1 N–H and O–H groups in total. The van der Waals surface area contributed by atoms with Crippen molar-refractivity contribution in [2.45, 2.75) is 63.9 Å². The molecule has 1 amide bonds. The first kappa shape index (κ1) is 18.3. The lowest BCUT2D eigenvalue weighted by Crippen LogP contribution is -2.38. The second-order valence-electron chi connectivity index (χ2n) is 6.98. The number of hydrogen-bond donors (Lipinski definition) is 1. The number of ether oxygens (including phenoxy) is 1. The SMILES string of the molecule is Cc1nc(C2CCCC2)sc1C(=O)N(CCC(=O)O)CC1CCCO1. The third-order valence-electron chi connectivity index (χ3n) is 5.04. The van der Waals surface area contributed by atoms with Crippen LogP contribution < -0.4 is 0 Å². The van der Waals surface area contributed by atoms with E-state index < -0.39 is 5.97 Å². The summed E-state index contributed by atoms with van der Waals surface area (Å²) in [6.45, 7) is 3.27. The molecule has 138 valence electrons. The number of aliphatic carboxylic acids is 1. The van der Waals surface area contributed by atoms with E-state index in [9.17, 15) is 9.59 Å². The van der Waals surface area contributed by atoms with Gasteiger partial charge in [-0.15, -0.1) is 11.3 Å². The van der Waals surface area contributed by atoms with Crippen LogP contribution >= 0.6 is 11.3 Å². The normalized spacial score (nSPS) is 20.9. The topological polar surface area (TPSA) is 79.7 Å². The minimum absolute atomic E-state index is 0.0141. The molecule has 2 heterocycles. The van der Waals surface area contributed by atoms with Gasteiger partial charge in [0.1, 0.15) is 4.88 Å². The fourth-order valence-electron chi connectivity index (χ4n) is 3.65. The van der Waals surface area contributed by atoms with Crippen molar-refractivity contribution < 1.29 is 19.4 Å². The fourth-order valence-corrected chi connectivity index (χ4v) is 4.85. The quantitative estimate of drug-likeness (QED) is 0.801. The average Bonchev–Trinajstić information content (AvgIpc) is 3.31. The summed E-state index contributed by atoms with van der Waals surface area (Å²) in [6, 6.07) is 0. The molecule has 0 spiro atoms. The Hall–Kier alpha value is -1.47.